The van der Waals surface area contributed by atoms with Crippen molar-refractivity contribution >= 4 is 45.7 Å². The number of alkyl halides is 6. The van der Waals surface area contributed by atoms with Crippen molar-refractivity contribution < 1.29 is 35.9 Å². The first-order valence-electron chi connectivity index (χ1n) is 10.6. The van der Waals surface area contributed by atoms with Gasteiger partial charge >= 0.3 is 18.4 Å². The Morgan fingerprint density at radius 3 is 2.16 bits per heavy atom. The maximum atomic E-state index is 13.1. The second-order valence-electron chi connectivity index (χ2n) is 7.98. The summed E-state index contributed by atoms with van der Waals surface area (Å²) in [5.74, 6) is -0.619. The number of carbonyl (C=O) groups excluding carboxylic acids is 2. The Balaban J connectivity index is 1.47. The summed E-state index contributed by atoms with van der Waals surface area (Å²) in [5.41, 5.74) is -3.12. The molecule has 1 aliphatic heterocycles. The highest BCUT2D eigenvalue weighted by atomic mass is 35.5. The van der Waals surface area contributed by atoms with Crippen molar-refractivity contribution in [2.75, 3.05) is 17.2 Å². The first-order valence-corrected chi connectivity index (χ1v) is 11.8. The highest BCUT2D eigenvalue weighted by Crippen LogP contribution is 2.38. The second-order valence-corrected chi connectivity index (χ2v) is 9.40. The quantitative estimate of drug-likeness (QED) is 0.353. The van der Waals surface area contributed by atoms with Crippen LogP contribution in [-0.4, -0.2) is 39.6 Å². The van der Waals surface area contributed by atoms with Crippen LogP contribution in [0, 0.1) is 0 Å². The van der Waals surface area contributed by atoms with E-state index < -0.39 is 47.1 Å². The molecule has 2 heterocycles. The topological polar surface area (TPSA) is 87.2 Å². The number of benzene rings is 2. The Hall–Kier alpha value is -3.39. The van der Waals surface area contributed by atoms with Crippen LogP contribution in [0.1, 0.15) is 24.0 Å². The molecule has 1 atom stereocenters. The minimum atomic E-state index is -5.07. The Bertz CT molecular complexity index is 1280. The van der Waals surface area contributed by atoms with E-state index in [4.69, 9.17) is 11.6 Å². The number of nitrogens with one attached hydrogen (secondary N) is 2. The molecule has 196 valence electrons. The molecule has 1 fully saturated rings. The number of nitrogens with zero attached hydrogens (tertiary/aromatic N) is 3. The summed E-state index contributed by atoms with van der Waals surface area (Å²) in [6, 6.07) is 5.49. The van der Waals surface area contributed by atoms with E-state index in [1.54, 1.807) is 24.3 Å². The van der Waals surface area contributed by atoms with Crippen molar-refractivity contribution in [3.63, 3.8) is 0 Å². The molecule has 0 radical (unpaired) electrons. The van der Waals surface area contributed by atoms with E-state index in [0.29, 0.717) is 34.1 Å². The molecule has 2 aromatic carbocycles. The number of anilines is 2. The molecule has 1 aliphatic rings. The molecule has 0 bridgehead atoms. The van der Waals surface area contributed by atoms with Gasteiger partial charge in [-0.3, -0.25) is 10.1 Å². The summed E-state index contributed by atoms with van der Waals surface area (Å²) in [6.45, 7) is 0.0706. The fourth-order valence-electron chi connectivity index (χ4n) is 3.68. The third-order valence-electron chi connectivity index (χ3n) is 5.40. The average molecular weight is 564 g/mol. The lowest BCUT2D eigenvalue weighted by Gasteiger charge is -2.24. The summed E-state index contributed by atoms with van der Waals surface area (Å²) in [4.78, 5) is 26.6. The summed E-state index contributed by atoms with van der Waals surface area (Å²) in [7, 11) is 0. The molecular formula is C22H16ClF6N5O2S. The SMILES string of the molecule is O=C(Nc1nnc(-c2ccc(Cl)cc2)s1)C1CCCN1C(=O)Nc1cc(C(F)(F)F)cc(C(F)(F)F)c1. The number of carbonyl (C=O) groups is 2. The number of urea groups is 1. The minimum absolute atomic E-state index is 0.0396. The highest BCUT2D eigenvalue weighted by molar-refractivity contribution is 7.18. The standard InChI is InChI=1S/C22H16ClF6N5O2S/c23-14-5-3-11(4-6-14)18-32-33-19(37-18)31-17(35)16-2-1-7-34(16)20(36)30-15-9-12(21(24,25)26)8-13(10-15)22(27,28)29/h3-6,8-10,16H,1-2,7H2,(H,30,36)(H,31,33,35). The van der Waals surface area contributed by atoms with Gasteiger partial charge in [-0.25, -0.2) is 4.79 Å². The normalized spacial score (nSPS) is 16.1. The third kappa shape index (κ3) is 6.31. The van der Waals surface area contributed by atoms with Gasteiger partial charge in [0.1, 0.15) is 11.0 Å². The van der Waals surface area contributed by atoms with Crippen LogP contribution in [0.25, 0.3) is 10.6 Å². The fourth-order valence-corrected chi connectivity index (χ4v) is 4.55. The molecule has 4 rings (SSSR count). The molecule has 2 N–H and O–H groups in total. The van der Waals surface area contributed by atoms with Crippen LogP contribution < -0.4 is 10.6 Å². The molecule has 3 aromatic rings. The zero-order valence-electron chi connectivity index (χ0n) is 18.5. The van der Waals surface area contributed by atoms with Gasteiger partial charge in [0, 0.05) is 22.8 Å². The Kier molecular flexibility index (Phi) is 7.33. The number of likely N-dealkylation sites (tertiary alicyclic amines) is 1. The van der Waals surface area contributed by atoms with Crippen molar-refractivity contribution in [3.8, 4) is 10.6 Å². The van der Waals surface area contributed by atoms with Crippen LogP contribution in [-0.2, 0) is 17.1 Å². The summed E-state index contributed by atoms with van der Waals surface area (Å²) in [5, 5.41) is 13.7. The van der Waals surface area contributed by atoms with Crippen molar-refractivity contribution in [1.29, 1.82) is 0 Å². The van der Waals surface area contributed by atoms with E-state index in [9.17, 15) is 35.9 Å². The zero-order chi connectivity index (χ0) is 27.0. The fraction of sp³-hybridized carbons (Fsp3) is 0.273. The summed E-state index contributed by atoms with van der Waals surface area (Å²) >= 11 is 6.93. The van der Waals surface area contributed by atoms with Gasteiger partial charge in [-0.1, -0.05) is 35.1 Å². The predicted molar refractivity (Wildman–Crippen MR) is 124 cm³/mol. The molecule has 15 heteroatoms. The van der Waals surface area contributed by atoms with Crippen molar-refractivity contribution in [2.45, 2.75) is 31.2 Å². The monoisotopic (exact) mass is 563 g/mol. The summed E-state index contributed by atoms with van der Waals surface area (Å²) in [6.07, 6.45) is -9.50. The van der Waals surface area contributed by atoms with Crippen LogP contribution in [0.5, 0.6) is 0 Å². The van der Waals surface area contributed by atoms with Crippen LogP contribution in [0.15, 0.2) is 42.5 Å². The van der Waals surface area contributed by atoms with Gasteiger partial charge in [-0.15, -0.1) is 10.2 Å². The molecule has 1 saturated heterocycles. The van der Waals surface area contributed by atoms with Gasteiger partial charge in [0.2, 0.25) is 11.0 Å². The van der Waals surface area contributed by atoms with Gasteiger partial charge in [0.05, 0.1) is 11.1 Å². The molecule has 1 aromatic heterocycles. The first kappa shape index (κ1) is 26.7. The Morgan fingerprint density at radius 2 is 1.57 bits per heavy atom. The predicted octanol–water partition coefficient (Wildman–Crippen LogP) is 6.53. The number of rotatable bonds is 4. The maximum absolute atomic E-state index is 13.1. The van der Waals surface area contributed by atoms with Crippen LogP contribution in [0.4, 0.5) is 42.0 Å². The van der Waals surface area contributed by atoms with Crippen LogP contribution in [0.2, 0.25) is 5.02 Å². The number of amides is 3. The van der Waals surface area contributed by atoms with Gasteiger partial charge in [0.15, 0.2) is 0 Å². The molecule has 1 unspecified atom stereocenters. The smallest absolute Gasteiger partial charge is 0.312 e. The molecule has 3 amide bonds. The van der Waals surface area contributed by atoms with Gasteiger partial charge in [-0.05, 0) is 43.2 Å². The Labute approximate surface area is 214 Å². The maximum Gasteiger partial charge on any atom is 0.416 e. The molecular weight excluding hydrogens is 548 g/mol. The molecule has 7 nitrogen and oxygen atoms in total. The van der Waals surface area contributed by atoms with Gasteiger partial charge in [0.25, 0.3) is 0 Å². The van der Waals surface area contributed by atoms with Gasteiger partial charge < -0.3 is 10.2 Å². The lowest BCUT2D eigenvalue weighted by Crippen LogP contribution is -2.45. The van der Waals surface area contributed by atoms with E-state index in [1.807, 2.05) is 0 Å². The molecule has 0 saturated carbocycles. The lowest BCUT2D eigenvalue weighted by atomic mass is 10.1. The van der Waals surface area contributed by atoms with Crippen molar-refractivity contribution in [3.05, 3.63) is 58.6 Å². The van der Waals surface area contributed by atoms with Crippen molar-refractivity contribution in [2.24, 2.45) is 0 Å². The average Bonchev–Trinajstić information content (AvgIpc) is 3.48. The first-order chi connectivity index (χ1) is 17.3. The zero-order valence-corrected chi connectivity index (χ0v) is 20.0. The van der Waals surface area contributed by atoms with E-state index in [0.717, 1.165) is 16.2 Å². The van der Waals surface area contributed by atoms with E-state index in [2.05, 4.69) is 20.8 Å². The lowest BCUT2D eigenvalue weighted by molar-refractivity contribution is -0.143. The largest absolute Gasteiger partial charge is 0.416 e. The Morgan fingerprint density at radius 1 is 0.946 bits per heavy atom. The van der Waals surface area contributed by atoms with E-state index in [1.165, 1.54) is 0 Å². The van der Waals surface area contributed by atoms with Gasteiger partial charge in [-0.2, -0.15) is 26.3 Å². The summed E-state index contributed by atoms with van der Waals surface area (Å²) < 4.78 is 78.7. The second kappa shape index (κ2) is 10.2. The van der Waals surface area contributed by atoms with E-state index in [-0.39, 0.29) is 24.2 Å². The minimum Gasteiger partial charge on any atom is -0.312 e. The number of halogens is 7. The van der Waals surface area contributed by atoms with Crippen molar-refractivity contribution in [1.82, 2.24) is 15.1 Å². The molecule has 37 heavy (non-hydrogen) atoms. The van der Waals surface area contributed by atoms with E-state index >= 15 is 0 Å². The third-order valence-corrected chi connectivity index (χ3v) is 6.54. The number of aromatic nitrogens is 2. The van der Waals surface area contributed by atoms with Crippen LogP contribution >= 0.6 is 22.9 Å². The molecule has 0 aliphatic carbocycles. The number of hydrogen-bond donors (Lipinski definition) is 2. The van der Waals surface area contributed by atoms with Crippen LogP contribution in [0.3, 0.4) is 0 Å². The highest BCUT2D eigenvalue weighted by Gasteiger charge is 2.38. The molecule has 0 spiro atoms. The number of hydrogen-bond acceptors (Lipinski definition) is 5.